The summed E-state index contributed by atoms with van der Waals surface area (Å²) in [5.74, 6) is 1.45. The fourth-order valence-electron chi connectivity index (χ4n) is 1.81. The molecule has 2 aromatic rings. The Kier molecular flexibility index (Phi) is 4.28. The summed E-state index contributed by atoms with van der Waals surface area (Å²) in [5, 5.41) is 3.15. The molecule has 5 nitrogen and oxygen atoms in total. The lowest BCUT2D eigenvalue weighted by molar-refractivity contribution is 0.303. The number of aromatic nitrogens is 3. The van der Waals surface area contributed by atoms with Crippen LogP contribution < -0.4 is 10.1 Å². The number of nitrogens with zero attached hydrogens (tertiary/aromatic N) is 3. The lowest BCUT2D eigenvalue weighted by Crippen LogP contribution is -2.24. The summed E-state index contributed by atoms with van der Waals surface area (Å²) < 4.78 is 5.77. The van der Waals surface area contributed by atoms with Crippen LogP contribution in [0.25, 0.3) is 0 Å². The van der Waals surface area contributed by atoms with Crippen LogP contribution in [0.3, 0.4) is 0 Å². The van der Waals surface area contributed by atoms with Gasteiger partial charge in [0.2, 0.25) is 5.95 Å². The molecule has 0 radical (unpaired) electrons. The highest BCUT2D eigenvalue weighted by molar-refractivity contribution is 5.33. The van der Waals surface area contributed by atoms with Crippen LogP contribution in [0.4, 0.5) is 5.95 Å². The second-order valence-corrected chi connectivity index (χ2v) is 4.64. The standard InChI is InChI=1S/C14H18N4O/c1-10-4-11(2)6-13(5-10)19-7-12(3)18-14-16-8-15-9-17-14/h4-6,8-9,12H,7H2,1-3H3,(H,15,16,17,18). The molecule has 1 N–H and O–H groups in total. The van der Waals surface area contributed by atoms with Crippen molar-refractivity contribution < 1.29 is 4.74 Å². The number of anilines is 1. The third-order valence-electron chi connectivity index (χ3n) is 2.56. The van der Waals surface area contributed by atoms with Gasteiger partial charge in [0.1, 0.15) is 25.0 Å². The fraction of sp³-hybridized carbons (Fsp3) is 0.357. The van der Waals surface area contributed by atoms with E-state index in [0.717, 1.165) is 5.75 Å². The normalized spacial score (nSPS) is 11.9. The Morgan fingerprint density at radius 2 is 1.74 bits per heavy atom. The van der Waals surface area contributed by atoms with E-state index in [1.54, 1.807) is 0 Å². The molecule has 1 aromatic heterocycles. The molecule has 5 heteroatoms. The zero-order valence-electron chi connectivity index (χ0n) is 11.4. The minimum absolute atomic E-state index is 0.114. The number of aryl methyl sites for hydroxylation is 2. The molecule has 0 aliphatic carbocycles. The van der Waals surface area contributed by atoms with Crippen LogP contribution in [0.1, 0.15) is 18.1 Å². The Morgan fingerprint density at radius 3 is 2.37 bits per heavy atom. The van der Waals surface area contributed by atoms with E-state index in [9.17, 15) is 0 Å². The van der Waals surface area contributed by atoms with Gasteiger partial charge < -0.3 is 10.1 Å². The lowest BCUT2D eigenvalue weighted by Gasteiger charge is -2.15. The average Bonchev–Trinajstić information content (AvgIpc) is 2.36. The molecule has 0 saturated heterocycles. The highest BCUT2D eigenvalue weighted by Crippen LogP contribution is 2.16. The number of ether oxygens (including phenoxy) is 1. The van der Waals surface area contributed by atoms with Gasteiger partial charge in [-0.2, -0.15) is 0 Å². The first kappa shape index (κ1) is 13.3. The highest BCUT2D eigenvalue weighted by atomic mass is 16.5. The molecule has 19 heavy (non-hydrogen) atoms. The minimum atomic E-state index is 0.114. The first-order valence-electron chi connectivity index (χ1n) is 6.23. The molecule has 0 amide bonds. The van der Waals surface area contributed by atoms with E-state index in [2.05, 4.69) is 40.2 Å². The third kappa shape index (κ3) is 4.21. The predicted octanol–water partition coefficient (Wildman–Crippen LogP) is 2.37. The van der Waals surface area contributed by atoms with Gasteiger partial charge in [0.25, 0.3) is 0 Å². The van der Waals surface area contributed by atoms with Crippen molar-refractivity contribution in [3.8, 4) is 5.75 Å². The van der Waals surface area contributed by atoms with Gasteiger partial charge in [0.15, 0.2) is 0 Å². The quantitative estimate of drug-likeness (QED) is 0.892. The lowest BCUT2D eigenvalue weighted by atomic mass is 10.1. The van der Waals surface area contributed by atoms with Gasteiger partial charge in [-0.05, 0) is 44.0 Å². The maximum Gasteiger partial charge on any atom is 0.225 e. The van der Waals surface area contributed by atoms with Crippen molar-refractivity contribution >= 4 is 5.95 Å². The predicted molar refractivity (Wildman–Crippen MR) is 74.3 cm³/mol. The van der Waals surface area contributed by atoms with Crippen LogP contribution in [0.2, 0.25) is 0 Å². The summed E-state index contributed by atoms with van der Waals surface area (Å²) in [6.07, 6.45) is 2.93. The first-order chi connectivity index (χ1) is 9.13. The Labute approximate surface area is 113 Å². The third-order valence-corrected chi connectivity index (χ3v) is 2.56. The van der Waals surface area contributed by atoms with Crippen LogP contribution in [-0.2, 0) is 0 Å². The van der Waals surface area contributed by atoms with Gasteiger partial charge in [-0.25, -0.2) is 15.0 Å². The second kappa shape index (κ2) is 6.13. The molecule has 1 atom stereocenters. The maximum atomic E-state index is 5.77. The summed E-state index contributed by atoms with van der Waals surface area (Å²) in [6, 6.07) is 6.30. The van der Waals surface area contributed by atoms with Crippen molar-refractivity contribution in [2.24, 2.45) is 0 Å². The van der Waals surface area contributed by atoms with Crippen LogP contribution >= 0.6 is 0 Å². The highest BCUT2D eigenvalue weighted by Gasteiger charge is 2.05. The monoisotopic (exact) mass is 258 g/mol. The van der Waals surface area contributed by atoms with Gasteiger partial charge in [0.05, 0.1) is 6.04 Å². The maximum absolute atomic E-state index is 5.77. The molecule has 1 aromatic carbocycles. The van der Waals surface area contributed by atoms with E-state index >= 15 is 0 Å². The van der Waals surface area contributed by atoms with E-state index in [1.165, 1.54) is 23.8 Å². The van der Waals surface area contributed by atoms with E-state index in [-0.39, 0.29) is 6.04 Å². The van der Waals surface area contributed by atoms with Gasteiger partial charge in [0, 0.05) is 0 Å². The molecule has 0 fully saturated rings. The smallest absolute Gasteiger partial charge is 0.225 e. The number of rotatable bonds is 5. The zero-order chi connectivity index (χ0) is 13.7. The Hall–Kier alpha value is -2.17. The molecule has 0 aliphatic rings. The summed E-state index contributed by atoms with van der Waals surface area (Å²) in [5.41, 5.74) is 2.40. The molecule has 1 unspecified atom stereocenters. The summed E-state index contributed by atoms with van der Waals surface area (Å²) in [6.45, 7) is 6.69. The number of hydrogen-bond acceptors (Lipinski definition) is 5. The van der Waals surface area contributed by atoms with E-state index in [4.69, 9.17) is 4.74 Å². The Morgan fingerprint density at radius 1 is 1.11 bits per heavy atom. The molecular weight excluding hydrogens is 240 g/mol. The van der Waals surface area contributed by atoms with E-state index in [1.807, 2.05) is 19.1 Å². The Bertz CT molecular complexity index is 510. The first-order valence-corrected chi connectivity index (χ1v) is 6.23. The van der Waals surface area contributed by atoms with Gasteiger partial charge in [-0.15, -0.1) is 0 Å². The van der Waals surface area contributed by atoms with Crippen molar-refractivity contribution in [2.75, 3.05) is 11.9 Å². The van der Waals surface area contributed by atoms with Crippen LogP contribution in [0.5, 0.6) is 5.75 Å². The van der Waals surface area contributed by atoms with Crippen molar-refractivity contribution in [1.29, 1.82) is 0 Å². The van der Waals surface area contributed by atoms with Crippen molar-refractivity contribution in [3.63, 3.8) is 0 Å². The van der Waals surface area contributed by atoms with Crippen molar-refractivity contribution in [1.82, 2.24) is 15.0 Å². The molecule has 0 spiro atoms. The Balaban J connectivity index is 1.88. The minimum Gasteiger partial charge on any atom is -0.491 e. The molecular formula is C14H18N4O. The van der Waals surface area contributed by atoms with Gasteiger partial charge in [-0.3, -0.25) is 0 Å². The molecule has 100 valence electrons. The van der Waals surface area contributed by atoms with Crippen LogP contribution in [0, 0.1) is 13.8 Å². The summed E-state index contributed by atoms with van der Waals surface area (Å²) in [4.78, 5) is 11.8. The molecule has 2 rings (SSSR count). The van der Waals surface area contributed by atoms with Gasteiger partial charge >= 0.3 is 0 Å². The molecule has 1 heterocycles. The zero-order valence-corrected chi connectivity index (χ0v) is 11.4. The topological polar surface area (TPSA) is 59.9 Å². The van der Waals surface area contributed by atoms with Crippen molar-refractivity contribution in [3.05, 3.63) is 42.0 Å². The largest absolute Gasteiger partial charge is 0.491 e. The number of hydrogen-bond donors (Lipinski definition) is 1. The molecule has 0 bridgehead atoms. The number of nitrogens with one attached hydrogen (secondary N) is 1. The summed E-state index contributed by atoms with van der Waals surface area (Å²) in [7, 11) is 0. The average molecular weight is 258 g/mol. The SMILES string of the molecule is Cc1cc(C)cc(OCC(C)Nc2ncncn2)c1. The van der Waals surface area contributed by atoms with Crippen LogP contribution in [-0.4, -0.2) is 27.6 Å². The van der Waals surface area contributed by atoms with Gasteiger partial charge in [-0.1, -0.05) is 6.07 Å². The summed E-state index contributed by atoms with van der Waals surface area (Å²) >= 11 is 0. The second-order valence-electron chi connectivity index (χ2n) is 4.64. The van der Waals surface area contributed by atoms with Crippen molar-refractivity contribution in [2.45, 2.75) is 26.8 Å². The number of benzene rings is 1. The van der Waals surface area contributed by atoms with E-state index < -0.39 is 0 Å². The molecule has 0 aliphatic heterocycles. The van der Waals surface area contributed by atoms with E-state index in [0.29, 0.717) is 12.6 Å². The molecule has 0 saturated carbocycles. The van der Waals surface area contributed by atoms with Crippen LogP contribution in [0.15, 0.2) is 30.9 Å². The fourth-order valence-corrected chi connectivity index (χ4v) is 1.81.